The lowest BCUT2D eigenvalue weighted by Gasteiger charge is -2.18. The van der Waals surface area contributed by atoms with Crippen molar-refractivity contribution in [1.29, 1.82) is 0 Å². The van der Waals surface area contributed by atoms with Gasteiger partial charge < -0.3 is 5.11 Å². The summed E-state index contributed by atoms with van der Waals surface area (Å²) < 4.78 is 48.0. The van der Waals surface area contributed by atoms with E-state index in [9.17, 15) is 21.6 Å². The summed E-state index contributed by atoms with van der Waals surface area (Å²) in [5, 5.41) is 8.91. The number of halogens is 1. The number of carbonyl (C=O) groups is 1. The van der Waals surface area contributed by atoms with E-state index < -0.39 is 25.8 Å². The van der Waals surface area contributed by atoms with Crippen LogP contribution in [0, 0.1) is 0 Å². The number of carboxylic acids is 1. The summed E-state index contributed by atoms with van der Waals surface area (Å²) in [4.78, 5) is 10.7. The highest BCUT2D eigenvalue weighted by Gasteiger charge is 2.25. The highest BCUT2D eigenvalue weighted by atomic mass is 79.9. The van der Waals surface area contributed by atoms with E-state index in [2.05, 4.69) is 15.9 Å². The molecule has 0 spiro atoms. The zero-order valence-corrected chi connectivity index (χ0v) is 14.5. The van der Waals surface area contributed by atoms with Gasteiger partial charge in [0.05, 0.1) is 16.2 Å². The van der Waals surface area contributed by atoms with Crippen LogP contribution < -0.4 is 0 Å². The molecule has 21 heavy (non-hydrogen) atoms. The first-order chi connectivity index (χ1) is 9.45. The van der Waals surface area contributed by atoms with Gasteiger partial charge in [-0.2, -0.15) is 4.31 Å². The number of hydrogen-bond acceptors (Lipinski definition) is 5. The van der Waals surface area contributed by atoms with Gasteiger partial charge in [-0.25, -0.2) is 21.6 Å². The Morgan fingerprint density at radius 1 is 1.29 bits per heavy atom. The quantitative estimate of drug-likeness (QED) is 0.757. The summed E-state index contributed by atoms with van der Waals surface area (Å²) in [6.45, 7) is -0.217. The minimum absolute atomic E-state index is 0.173. The summed E-state index contributed by atoms with van der Waals surface area (Å²) in [6, 6.07) is 3.61. The molecule has 1 N–H and O–H groups in total. The largest absolute Gasteiger partial charge is 0.478 e. The Bertz CT molecular complexity index is 757. The molecule has 1 aromatic rings. The molecule has 1 rings (SSSR count). The van der Waals surface area contributed by atoms with Crippen molar-refractivity contribution in [2.24, 2.45) is 0 Å². The fourth-order valence-electron chi connectivity index (χ4n) is 1.42. The van der Waals surface area contributed by atoms with Crippen LogP contribution >= 0.6 is 15.9 Å². The lowest BCUT2D eigenvalue weighted by Crippen LogP contribution is -2.31. The smallest absolute Gasteiger partial charge is 0.335 e. The van der Waals surface area contributed by atoms with Crippen LogP contribution in [0.2, 0.25) is 0 Å². The summed E-state index contributed by atoms with van der Waals surface area (Å²) >= 11 is 3.06. The fourth-order valence-corrected chi connectivity index (χ4v) is 4.26. The fraction of sp³-hybridized carbons (Fsp3) is 0.364. The maximum absolute atomic E-state index is 12.4. The third kappa shape index (κ3) is 4.77. The topological polar surface area (TPSA) is 109 Å². The molecular weight excluding hydrogens is 386 g/mol. The molecule has 0 aliphatic rings. The molecule has 7 nitrogen and oxygen atoms in total. The molecule has 0 aromatic heterocycles. The van der Waals surface area contributed by atoms with Crippen molar-refractivity contribution in [3.05, 3.63) is 28.2 Å². The normalized spacial score (nSPS) is 12.6. The van der Waals surface area contributed by atoms with Gasteiger partial charge in [-0.15, -0.1) is 0 Å². The van der Waals surface area contributed by atoms with E-state index in [1.54, 1.807) is 0 Å². The second-order valence-electron chi connectivity index (χ2n) is 4.41. The number of hydrogen-bond donors (Lipinski definition) is 1. The maximum atomic E-state index is 12.4. The van der Waals surface area contributed by atoms with Crippen molar-refractivity contribution >= 4 is 41.8 Å². The monoisotopic (exact) mass is 399 g/mol. The van der Waals surface area contributed by atoms with Crippen molar-refractivity contribution in [1.82, 2.24) is 4.31 Å². The van der Waals surface area contributed by atoms with Gasteiger partial charge in [0.2, 0.25) is 10.0 Å². The van der Waals surface area contributed by atoms with Crippen LogP contribution in [-0.2, 0) is 19.9 Å². The van der Waals surface area contributed by atoms with Gasteiger partial charge in [0.25, 0.3) is 0 Å². The molecule has 0 aliphatic carbocycles. The van der Waals surface area contributed by atoms with E-state index in [1.807, 2.05) is 0 Å². The van der Waals surface area contributed by atoms with E-state index in [0.717, 1.165) is 16.6 Å². The average Bonchev–Trinajstić information content (AvgIpc) is 2.34. The molecule has 0 fully saturated rings. The molecule has 0 saturated carbocycles. The molecule has 0 saturated heterocycles. The number of aromatic carboxylic acids is 1. The van der Waals surface area contributed by atoms with Gasteiger partial charge in [-0.05, 0) is 34.1 Å². The van der Waals surface area contributed by atoms with E-state index in [4.69, 9.17) is 5.11 Å². The molecule has 1 aromatic carbocycles. The molecule has 0 aliphatic heterocycles. The van der Waals surface area contributed by atoms with Crippen LogP contribution in [0.3, 0.4) is 0 Å². The Morgan fingerprint density at radius 2 is 1.86 bits per heavy atom. The minimum atomic E-state index is -3.99. The molecule has 10 heteroatoms. The van der Waals surface area contributed by atoms with Gasteiger partial charge in [-0.3, -0.25) is 0 Å². The second-order valence-corrected chi connectivity index (χ2v) is 9.53. The first-order valence-electron chi connectivity index (χ1n) is 5.62. The van der Waals surface area contributed by atoms with Gasteiger partial charge in [0, 0.05) is 24.3 Å². The van der Waals surface area contributed by atoms with Crippen molar-refractivity contribution in [3.8, 4) is 0 Å². The lowest BCUT2D eigenvalue weighted by molar-refractivity contribution is 0.0696. The number of benzene rings is 1. The number of sulfonamides is 1. The van der Waals surface area contributed by atoms with Gasteiger partial charge >= 0.3 is 5.97 Å². The molecule has 0 unspecified atom stereocenters. The predicted octanol–water partition coefficient (Wildman–Crippen LogP) is 0.812. The Balaban J connectivity index is 3.18. The van der Waals surface area contributed by atoms with Crippen LogP contribution in [0.15, 0.2) is 27.6 Å². The number of sulfone groups is 1. The zero-order valence-electron chi connectivity index (χ0n) is 11.3. The summed E-state index contributed by atoms with van der Waals surface area (Å²) in [5.74, 6) is -1.57. The molecular formula is C11H14BrNO6S2. The van der Waals surface area contributed by atoms with Crippen LogP contribution in [-0.4, -0.2) is 57.8 Å². The van der Waals surface area contributed by atoms with E-state index in [-0.39, 0.29) is 27.2 Å². The number of nitrogens with zero attached hydrogens (tertiary/aromatic N) is 1. The van der Waals surface area contributed by atoms with Crippen LogP contribution in [0.1, 0.15) is 10.4 Å². The van der Waals surface area contributed by atoms with Crippen molar-refractivity contribution in [2.75, 3.05) is 25.6 Å². The highest BCUT2D eigenvalue weighted by molar-refractivity contribution is 9.10. The van der Waals surface area contributed by atoms with Crippen molar-refractivity contribution in [3.63, 3.8) is 0 Å². The Hall–Kier alpha value is -0.970. The van der Waals surface area contributed by atoms with Crippen LogP contribution in [0.5, 0.6) is 0 Å². The van der Waals surface area contributed by atoms with Crippen LogP contribution in [0.4, 0.5) is 0 Å². The summed E-state index contributed by atoms with van der Waals surface area (Å²) in [7, 11) is -6.06. The van der Waals surface area contributed by atoms with Crippen molar-refractivity contribution in [2.45, 2.75) is 4.90 Å². The lowest BCUT2D eigenvalue weighted by atomic mass is 10.2. The SMILES string of the molecule is CN(CCS(C)(=O)=O)S(=O)(=O)c1cc(C(=O)O)ccc1Br. The number of rotatable bonds is 6. The van der Waals surface area contributed by atoms with Crippen molar-refractivity contribution < 1.29 is 26.7 Å². The molecule has 0 amide bonds. The molecule has 0 atom stereocenters. The molecule has 0 heterocycles. The molecule has 0 bridgehead atoms. The van der Waals surface area contributed by atoms with E-state index in [1.165, 1.54) is 19.2 Å². The average molecular weight is 400 g/mol. The highest BCUT2D eigenvalue weighted by Crippen LogP contribution is 2.25. The summed E-state index contributed by atoms with van der Waals surface area (Å²) in [5.41, 5.74) is -0.173. The minimum Gasteiger partial charge on any atom is -0.478 e. The second kappa shape index (κ2) is 6.42. The van der Waals surface area contributed by atoms with Gasteiger partial charge in [0.1, 0.15) is 9.84 Å². The standard InChI is InChI=1S/C11H14BrNO6S2/c1-13(5-6-20(2,16)17)21(18,19)10-7-8(11(14)15)3-4-9(10)12/h3-4,7H,5-6H2,1-2H3,(H,14,15). The zero-order chi connectivity index (χ0) is 16.4. The first-order valence-corrected chi connectivity index (χ1v) is 9.91. The number of carboxylic acid groups (broad SMARTS) is 1. The van der Waals surface area contributed by atoms with E-state index in [0.29, 0.717) is 0 Å². The third-order valence-corrected chi connectivity index (χ3v) is 6.42. The molecule has 0 radical (unpaired) electrons. The van der Waals surface area contributed by atoms with E-state index >= 15 is 0 Å². The third-order valence-electron chi connectivity index (χ3n) is 2.64. The Morgan fingerprint density at radius 3 is 2.33 bits per heavy atom. The molecule has 118 valence electrons. The first kappa shape index (κ1) is 18.1. The Labute approximate surface area is 131 Å². The van der Waals surface area contributed by atoms with Gasteiger partial charge in [0.15, 0.2) is 0 Å². The Kier molecular flexibility index (Phi) is 5.53. The predicted molar refractivity (Wildman–Crippen MR) is 80.6 cm³/mol. The van der Waals surface area contributed by atoms with Crippen LogP contribution in [0.25, 0.3) is 0 Å². The summed E-state index contributed by atoms with van der Waals surface area (Å²) in [6.07, 6.45) is 1.01. The van der Waals surface area contributed by atoms with Gasteiger partial charge in [-0.1, -0.05) is 0 Å². The maximum Gasteiger partial charge on any atom is 0.335 e.